The first-order valence-electron chi connectivity index (χ1n) is 4.58. The molecule has 1 unspecified atom stereocenters. The Bertz CT molecular complexity index is 455. The van der Waals surface area contributed by atoms with Gasteiger partial charge in [0.05, 0.1) is 5.56 Å². The summed E-state index contributed by atoms with van der Waals surface area (Å²) in [5.41, 5.74) is -1.08. The second kappa shape index (κ2) is 4.87. The molecule has 1 aromatic carbocycles. The third kappa shape index (κ3) is 3.06. The van der Waals surface area contributed by atoms with Gasteiger partial charge in [-0.3, -0.25) is 9.59 Å². The van der Waals surface area contributed by atoms with Gasteiger partial charge in [0.2, 0.25) is 0 Å². The van der Waals surface area contributed by atoms with Gasteiger partial charge < -0.3 is 0 Å². The van der Waals surface area contributed by atoms with Crippen LogP contribution in [0.2, 0.25) is 0 Å². The van der Waals surface area contributed by atoms with E-state index in [4.69, 9.17) is 11.6 Å². The molecule has 0 aliphatic rings. The van der Waals surface area contributed by atoms with Crippen molar-refractivity contribution in [2.45, 2.75) is 18.5 Å². The minimum absolute atomic E-state index is 0.0202. The molecule has 0 saturated carbocycles. The number of alkyl halides is 4. The zero-order valence-electron chi connectivity index (χ0n) is 8.72. The van der Waals surface area contributed by atoms with Gasteiger partial charge in [-0.15, -0.1) is 11.6 Å². The Hall–Kier alpha value is -1.36. The first-order valence-corrected chi connectivity index (χ1v) is 5.02. The molecule has 0 aliphatic heterocycles. The van der Waals surface area contributed by atoms with Crippen LogP contribution in [-0.2, 0) is 11.0 Å². The van der Waals surface area contributed by atoms with Crippen LogP contribution in [0.15, 0.2) is 18.2 Å². The minimum atomic E-state index is -4.54. The molecule has 0 radical (unpaired) electrons. The van der Waals surface area contributed by atoms with Crippen molar-refractivity contribution in [3.05, 3.63) is 34.9 Å². The van der Waals surface area contributed by atoms with Gasteiger partial charge in [-0.2, -0.15) is 13.2 Å². The Morgan fingerprint density at radius 2 is 2.00 bits per heavy atom. The highest BCUT2D eigenvalue weighted by Gasteiger charge is 2.32. The Morgan fingerprint density at radius 1 is 1.41 bits per heavy atom. The van der Waals surface area contributed by atoms with E-state index in [0.29, 0.717) is 6.29 Å². The van der Waals surface area contributed by atoms with Gasteiger partial charge in [-0.25, -0.2) is 0 Å². The highest BCUT2D eigenvalue weighted by atomic mass is 35.5. The van der Waals surface area contributed by atoms with Crippen LogP contribution >= 0.6 is 11.6 Å². The summed E-state index contributed by atoms with van der Waals surface area (Å²) in [4.78, 5) is 21.7. The molecule has 0 heterocycles. The van der Waals surface area contributed by atoms with E-state index in [1.165, 1.54) is 0 Å². The predicted molar refractivity (Wildman–Crippen MR) is 56.1 cm³/mol. The van der Waals surface area contributed by atoms with Crippen LogP contribution in [0.25, 0.3) is 0 Å². The largest absolute Gasteiger partial charge is 0.416 e. The maximum Gasteiger partial charge on any atom is 0.416 e. The predicted octanol–water partition coefficient (Wildman–Crippen LogP) is 3.39. The van der Waals surface area contributed by atoms with E-state index < -0.39 is 22.9 Å². The summed E-state index contributed by atoms with van der Waals surface area (Å²) in [7, 11) is 0. The number of rotatable bonds is 3. The number of hydrogen-bond acceptors (Lipinski definition) is 2. The van der Waals surface area contributed by atoms with Gasteiger partial charge in [0.15, 0.2) is 5.78 Å². The van der Waals surface area contributed by atoms with Crippen molar-refractivity contribution >= 4 is 23.7 Å². The Kier molecular flexibility index (Phi) is 3.93. The summed E-state index contributed by atoms with van der Waals surface area (Å²) in [5.74, 6) is -0.519. The lowest BCUT2D eigenvalue weighted by Crippen LogP contribution is -2.10. The number of hydrogen-bond donors (Lipinski definition) is 0. The fourth-order valence-corrected chi connectivity index (χ4v) is 1.49. The molecule has 2 nitrogen and oxygen atoms in total. The Labute approximate surface area is 100 Å². The van der Waals surface area contributed by atoms with Crippen LogP contribution in [-0.4, -0.2) is 12.1 Å². The number of Topliss-reactive ketones (excluding diaryl/α,β-unsaturated/α-hetero) is 1. The van der Waals surface area contributed by atoms with Crippen molar-refractivity contribution in [1.82, 2.24) is 0 Å². The first kappa shape index (κ1) is 13.7. The minimum Gasteiger partial charge on any atom is -0.298 e. The maximum atomic E-state index is 12.5. The third-order valence-corrected chi connectivity index (χ3v) is 2.71. The average molecular weight is 265 g/mol. The zero-order chi connectivity index (χ0) is 13.2. The lowest BCUT2D eigenvalue weighted by molar-refractivity contribution is -0.137. The molecule has 0 fully saturated rings. The lowest BCUT2D eigenvalue weighted by Gasteiger charge is -2.13. The van der Waals surface area contributed by atoms with Crippen LogP contribution in [0, 0.1) is 0 Å². The molecular formula is C11H8ClF3O2. The normalized spacial score (nSPS) is 13.2. The van der Waals surface area contributed by atoms with E-state index in [2.05, 4.69) is 0 Å². The Morgan fingerprint density at radius 3 is 2.41 bits per heavy atom. The number of halogens is 4. The SMILES string of the molecule is CC(=O)C(Cl)c1cc(C(F)(F)F)ccc1C=O. The van der Waals surface area contributed by atoms with Crippen molar-refractivity contribution in [2.24, 2.45) is 0 Å². The van der Waals surface area contributed by atoms with Gasteiger partial charge in [-0.1, -0.05) is 6.07 Å². The number of aldehydes is 1. The summed E-state index contributed by atoms with van der Waals surface area (Å²) < 4.78 is 37.4. The van der Waals surface area contributed by atoms with Crippen molar-refractivity contribution in [3.8, 4) is 0 Å². The summed E-state index contributed by atoms with van der Waals surface area (Å²) in [5, 5.41) is -1.25. The van der Waals surface area contributed by atoms with Gasteiger partial charge >= 0.3 is 6.18 Å². The number of ketones is 1. The zero-order valence-corrected chi connectivity index (χ0v) is 9.47. The smallest absolute Gasteiger partial charge is 0.298 e. The standard InChI is InChI=1S/C11H8ClF3O2/c1-6(17)10(12)9-4-8(11(13,14)15)3-2-7(9)5-16/h2-5,10H,1H3. The molecular weight excluding hydrogens is 257 g/mol. The van der Waals surface area contributed by atoms with Crippen molar-refractivity contribution in [2.75, 3.05) is 0 Å². The van der Waals surface area contributed by atoms with Crippen molar-refractivity contribution in [3.63, 3.8) is 0 Å². The van der Waals surface area contributed by atoms with Crippen LogP contribution in [0.1, 0.15) is 33.8 Å². The summed E-state index contributed by atoms with van der Waals surface area (Å²) >= 11 is 5.67. The molecule has 0 amide bonds. The average Bonchev–Trinajstić information content (AvgIpc) is 2.25. The monoisotopic (exact) mass is 264 g/mol. The molecule has 1 aromatic rings. The fraction of sp³-hybridized carbons (Fsp3) is 0.273. The lowest BCUT2D eigenvalue weighted by atomic mass is 10.00. The van der Waals surface area contributed by atoms with E-state index in [9.17, 15) is 22.8 Å². The van der Waals surface area contributed by atoms with Crippen molar-refractivity contribution in [1.29, 1.82) is 0 Å². The molecule has 0 saturated heterocycles. The molecule has 0 bridgehead atoms. The Balaban J connectivity index is 3.34. The van der Waals surface area contributed by atoms with E-state index in [1.807, 2.05) is 0 Å². The van der Waals surface area contributed by atoms with Crippen LogP contribution in [0.5, 0.6) is 0 Å². The second-order valence-corrected chi connectivity index (χ2v) is 3.87. The van der Waals surface area contributed by atoms with Crippen LogP contribution in [0.4, 0.5) is 13.2 Å². The summed E-state index contributed by atoms with van der Waals surface area (Å²) in [6.45, 7) is 1.15. The van der Waals surface area contributed by atoms with Gasteiger partial charge in [0.25, 0.3) is 0 Å². The molecule has 0 N–H and O–H groups in total. The second-order valence-electron chi connectivity index (χ2n) is 3.43. The molecule has 0 aliphatic carbocycles. The van der Waals surface area contributed by atoms with Gasteiger partial charge in [0, 0.05) is 5.56 Å². The molecule has 92 valence electrons. The van der Waals surface area contributed by atoms with Crippen LogP contribution < -0.4 is 0 Å². The molecule has 1 rings (SSSR count). The topological polar surface area (TPSA) is 34.1 Å². The van der Waals surface area contributed by atoms with Crippen molar-refractivity contribution < 1.29 is 22.8 Å². The summed E-state index contributed by atoms with van der Waals surface area (Å²) in [6, 6.07) is 2.50. The molecule has 1 atom stereocenters. The molecule has 0 aromatic heterocycles. The number of carbonyl (C=O) groups is 2. The summed E-state index contributed by atoms with van der Waals surface area (Å²) in [6.07, 6.45) is -4.17. The van der Waals surface area contributed by atoms with Gasteiger partial charge in [-0.05, 0) is 24.6 Å². The van der Waals surface area contributed by atoms with E-state index >= 15 is 0 Å². The van der Waals surface area contributed by atoms with E-state index in [-0.39, 0.29) is 11.1 Å². The number of carbonyl (C=O) groups excluding carboxylic acids is 2. The first-order chi connectivity index (χ1) is 7.77. The fourth-order valence-electron chi connectivity index (χ4n) is 1.30. The van der Waals surface area contributed by atoms with Gasteiger partial charge in [0.1, 0.15) is 11.7 Å². The van der Waals surface area contributed by atoms with Crippen LogP contribution in [0.3, 0.4) is 0 Å². The third-order valence-electron chi connectivity index (χ3n) is 2.17. The van der Waals surface area contributed by atoms with E-state index in [0.717, 1.165) is 25.1 Å². The van der Waals surface area contributed by atoms with E-state index in [1.54, 1.807) is 0 Å². The maximum absolute atomic E-state index is 12.5. The number of benzene rings is 1. The molecule has 0 spiro atoms. The molecule has 6 heteroatoms. The quantitative estimate of drug-likeness (QED) is 0.619. The molecule has 17 heavy (non-hydrogen) atoms. The highest BCUT2D eigenvalue weighted by Crippen LogP contribution is 2.33. The highest BCUT2D eigenvalue weighted by molar-refractivity contribution is 6.31.